The third kappa shape index (κ3) is 11.5. The van der Waals surface area contributed by atoms with E-state index < -0.39 is 35.6 Å². The molecule has 3 aromatic rings. The number of nitrogens with zero attached hydrogens (tertiary/aromatic N) is 1. The molecule has 3 rings (SSSR count). The van der Waals surface area contributed by atoms with Crippen molar-refractivity contribution in [1.82, 2.24) is 10.2 Å². The molecule has 0 aromatic heterocycles. The largest absolute Gasteiger partial charge is 0.508 e. The van der Waals surface area contributed by atoms with Crippen LogP contribution >= 0.6 is 11.6 Å². The van der Waals surface area contributed by atoms with E-state index in [0.29, 0.717) is 22.7 Å². The quantitative estimate of drug-likeness (QED) is 0.122. The Bertz CT molecular complexity index is 1470. The van der Waals surface area contributed by atoms with Gasteiger partial charge in [-0.3, -0.25) is 9.59 Å². The lowest BCUT2D eigenvalue weighted by Gasteiger charge is -2.35. The fourth-order valence-corrected chi connectivity index (χ4v) is 5.57. The van der Waals surface area contributed by atoms with Crippen molar-refractivity contribution in [3.8, 4) is 11.5 Å². The molecule has 4 N–H and O–H groups in total. The normalized spacial score (nSPS) is 12.6. The molecule has 3 aromatic carbocycles. The Morgan fingerprint density at radius 3 is 2.19 bits per heavy atom. The first-order valence-electron chi connectivity index (χ1n) is 16.2. The molecule has 0 saturated carbocycles. The summed E-state index contributed by atoms with van der Waals surface area (Å²) in [6.45, 7) is 9.31. The van der Waals surface area contributed by atoms with Crippen molar-refractivity contribution in [3.05, 3.63) is 88.4 Å². The van der Waals surface area contributed by atoms with Crippen LogP contribution in [-0.2, 0) is 20.7 Å². The first-order valence-corrected chi connectivity index (χ1v) is 16.6. The average Bonchev–Trinajstić information content (AvgIpc) is 3.00. The maximum Gasteiger partial charge on any atom is 0.408 e. The number of halogens is 1. The van der Waals surface area contributed by atoms with Crippen LogP contribution in [-0.4, -0.2) is 51.2 Å². The van der Waals surface area contributed by atoms with Gasteiger partial charge >= 0.3 is 6.09 Å². The zero-order valence-corrected chi connectivity index (χ0v) is 28.8. The van der Waals surface area contributed by atoms with E-state index >= 15 is 0 Å². The molecule has 3 amide bonds. The number of ether oxygens (including phenoxy) is 1. The number of hydrogen-bond donors (Lipinski definition) is 4. The van der Waals surface area contributed by atoms with Crippen LogP contribution in [0, 0.1) is 6.92 Å². The predicted octanol–water partition coefficient (Wildman–Crippen LogP) is 8.06. The molecule has 0 saturated heterocycles. The molecule has 0 aliphatic heterocycles. The molecule has 0 bridgehead atoms. The van der Waals surface area contributed by atoms with E-state index in [-0.39, 0.29) is 30.0 Å². The molecule has 254 valence electrons. The number of unbranched alkanes of at least 4 members (excludes halogenated alkanes) is 5. The van der Waals surface area contributed by atoms with Gasteiger partial charge < -0.3 is 30.5 Å². The molecule has 0 heterocycles. The molecular formula is C37H48ClN3O6. The number of benzene rings is 3. The zero-order valence-electron chi connectivity index (χ0n) is 28.0. The first-order chi connectivity index (χ1) is 22.3. The summed E-state index contributed by atoms with van der Waals surface area (Å²) in [5.41, 5.74) is 1.22. The summed E-state index contributed by atoms with van der Waals surface area (Å²) in [6, 6.07) is 15.6. The zero-order chi connectivity index (χ0) is 34.6. The van der Waals surface area contributed by atoms with Crippen molar-refractivity contribution < 1.29 is 29.3 Å². The van der Waals surface area contributed by atoms with Crippen molar-refractivity contribution >= 4 is 35.2 Å². The van der Waals surface area contributed by atoms with Gasteiger partial charge in [0.2, 0.25) is 5.91 Å². The third-order valence-corrected chi connectivity index (χ3v) is 7.98. The fraction of sp³-hybridized carbons (Fsp3) is 0.432. The standard InChI is InChI=1S/C37H48ClN3O6/c1-6-7-8-9-10-13-23-41(35(45)30(39-36(46)47-37(3,4)5)24-26-19-21-27(42)22-20-26)33(28-16-11-12-18-31(28)43)34(44)40-32-25(2)15-14-17-29(32)38/h11-12,14-22,30,33,42-43H,6-10,13,23-24H2,1-5H3,(H,39,46)(H,40,44). The summed E-state index contributed by atoms with van der Waals surface area (Å²) < 4.78 is 5.51. The van der Waals surface area contributed by atoms with E-state index in [0.717, 1.165) is 37.7 Å². The molecule has 0 aliphatic carbocycles. The number of anilines is 1. The lowest BCUT2D eigenvalue weighted by molar-refractivity contribution is -0.141. The minimum Gasteiger partial charge on any atom is -0.508 e. The van der Waals surface area contributed by atoms with E-state index in [1.807, 2.05) is 13.0 Å². The van der Waals surface area contributed by atoms with Crippen LogP contribution < -0.4 is 10.6 Å². The van der Waals surface area contributed by atoms with E-state index in [2.05, 4.69) is 17.6 Å². The molecule has 0 spiro atoms. The van der Waals surface area contributed by atoms with Crippen molar-refractivity contribution in [1.29, 1.82) is 0 Å². The van der Waals surface area contributed by atoms with Crippen LogP contribution in [0.2, 0.25) is 5.02 Å². The number of phenolic OH excluding ortho intramolecular Hbond substituents is 2. The smallest absolute Gasteiger partial charge is 0.408 e. The number of nitrogens with one attached hydrogen (secondary N) is 2. The van der Waals surface area contributed by atoms with Crippen LogP contribution in [0.3, 0.4) is 0 Å². The number of hydrogen-bond acceptors (Lipinski definition) is 6. The van der Waals surface area contributed by atoms with Gasteiger partial charge in [0.15, 0.2) is 0 Å². The number of phenols is 2. The van der Waals surface area contributed by atoms with Gasteiger partial charge in [-0.1, -0.05) is 93.1 Å². The number of aryl methyl sites for hydroxylation is 1. The number of rotatable bonds is 15. The second-order valence-corrected chi connectivity index (χ2v) is 13.2. The minimum atomic E-state index is -1.27. The number of amides is 3. The maximum atomic E-state index is 14.7. The maximum absolute atomic E-state index is 14.7. The first kappa shape index (κ1) is 37.2. The van der Waals surface area contributed by atoms with Crippen LogP contribution in [0.15, 0.2) is 66.7 Å². The van der Waals surface area contributed by atoms with Gasteiger partial charge in [-0.15, -0.1) is 0 Å². The van der Waals surface area contributed by atoms with Crippen LogP contribution in [0.1, 0.15) is 89.0 Å². The number of alkyl carbamates (subject to hydrolysis) is 1. The molecule has 2 atom stereocenters. The highest BCUT2D eigenvalue weighted by Gasteiger charge is 2.37. The monoisotopic (exact) mass is 665 g/mol. The Labute approximate surface area is 283 Å². The van der Waals surface area contributed by atoms with Crippen molar-refractivity contribution in [2.24, 2.45) is 0 Å². The van der Waals surface area contributed by atoms with Gasteiger partial charge in [0.25, 0.3) is 5.91 Å². The van der Waals surface area contributed by atoms with Crippen molar-refractivity contribution in [2.45, 2.75) is 97.2 Å². The number of carbonyl (C=O) groups excluding carboxylic acids is 3. The Hall–Kier alpha value is -4.24. The highest BCUT2D eigenvalue weighted by atomic mass is 35.5. The summed E-state index contributed by atoms with van der Waals surface area (Å²) in [7, 11) is 0. The molecule has 10 heteroatoms. The van der Waals surface area contributed by atoms with Gasteiger partial charge in [0, 0.05) is 18.5 Å². The van der Waals surface area contributed by atoms with E-state index in [1.54, 1.807) is 63.2 Å². The lowest BCUT2D eigenvalue weighted by Crippen LogP contribution is -2.53. The van der Waals surface area contributed by atoms with Gasteiger partial charge in [-0.05, 0) is 69.5 Å². The number of para-hydroxylation sites is 2. The SMILES string of the molecule is CCCCCCCCN(C(=O)C(Cc1ccc(O)cc1)NC(=O)OC(C)(C)C)C(C(=O)Nc1c(C)cccc1Cl)c1ccccc1O. The summed E-state index contributed by atoms with van der Waals surface area (Å²) in [4.78, 5) is 43.5. The highest BCUT2D eigenvalue weighted by molar-refractivity contribution is 6.34. The van der Waals surface area contributed by atoms with Gasteiger partial charge in [0.1, 0.15) is 29.2 Å². The molecule has 9 nitrogen and oxygen atoms in total. The second-order valence-electron chi connectivity index (χ2n) is 12.8. The molecular weight excluding hydrogens is 618 g/mol. The Morgan fingerprint density at radius 2 is 1.55 bits per heavy atom. The molecule has 2 unspecified atom stereocenters. The summed E-state index contributed by atoms with van der Waals surface area (Å²) in [5.74, 6) is -1.19. The summed E-state index contributed by atoms with van der Waals surface area (Å²) in [5, 5.41) is 26.8. The van der Waals surface area contributed by atoms with Crippen molar-refractivity contribution in [2.75, 3.05) is 11.9 Å². The van der Waals surface area contributed by atoms with Gasteiger partial charge in [0.05, 0.1) is 10.7 Å². The molecule has 0 radical (unpaired) electrons. The lowest BCUT2D eigenvalue weighted by atomic mass is 9.98. The minimum absolute atomic E-state index is 0.0596. The highest BCUT2D eigenvalue weighted by Crippen LogP contribution is 2.33. The summed E-state index contributed by atoms with van der Waals surface area (Å²) >= 11 is 6.48. The van der Waals surface area contributed by atoms with Gasteiger partial charge in [-0.25, -0.2) is 4.79 Å². The fourth-order valence-electron chi connectivity index (χ4n) is 5.30. The van der Waals surface area contributed by atoms with E-state index in [9.17, 15) is 24.6 Å². The third-order valence-electron chi connectivity index (χ3n) is 7.66. The molecule has 0 aliphatic rings. The van der Waals surface area contributed by atoms with Crippen LogP contribution in [0.5, 0.6) is 11.5 Å². The van der Waals surface area contributed by atoms with E-state index in [4.69, 9.17) is 16.3 Å². The van der Waals surface area contributed by atoms with Crippen LogP contribution in [0.4, 0.5) is 10.5 Å². The second kappa shape index (κ2) is 17.6. The number of aromatic hydroxyl groups is 2. The van der Waals surface area contributed by atoms with Gasteiger partial charge in [-0.2, -0.15) is 0 Å². The molecule has 47 heavy (non-hydrogen) atoms. The Morgan fingerprint density at radius 1 is 0.894 bits per heavy atom. The molecule has 0 fully saturated rings. The Kier molecular flexibility index (Phi) is 13.9. The summed E-state index contributed by atoms with van der Waals surface area (Å²) in [6.07, 6.45) is 4.92. The number of carbonyl (C=O) groups is 3. The van der Waals surface area contributed by atoms with Crippen LogP contribution in [0.25, 0.3) is 0 Å². The van der Waals surface area contributed by atoms with Crippen molar-refractivity contribution in [3.63, 3.8) is 0 Å². The van der Waals surface area contributed by atoms with E-state index in [1.165, 1.54) is 23.1 Å². The topological polar surface area (TPSA) is 128 Å². The average molecular weight is 666 g/mol. The predicted molar refractivity (Wildman–Crippen MR) is 186 cm³/mol. The Balaban J connectivity index is 2.09.